The topological polar surface area (TPSA) is 15.5 Å². The molecule has 106 heavy (non-hydrogen) atoms. The summed E-state index contributed by atoms with van der Waals surface area (Å²) in [6.07, 6.45) is 6.93. The molecule has 0 saturated heterocycles. The number of aromatic nitrogens is 4. The van der Waals surface area contributed by atoms with Gasteiger partial charge in [0.1, 0.15) is 28.2 Å². The molecule has 8 aromatic carbocycles. The summed E-state index contributed by atoms with van der Waals surface area (Å²) < 4.78 is 99.5. The third kappa shape index (κ3) is 20.3. The van der Waals surface area contributed by atoms with Crippen LogP contribution in [-0.2, 0) is 34.6 Å². The lowest BCUT2D eigenvalue weighted by molar-refractivity contribution is -0.660. The predicted octanol–water partition coefficient (Wildman–Crippen LogP) is 25.8. The van der Waals surface area contributed by atoms with E-state index in [2.05, 4.69) is 266 Å². The second-order valence-corrected chi connectivity index (χ2v) is 32.1. The summed E-state index contributed by atoms with van der Waals surface area (Å²) in [6, 6.07) is 72.9. The first-order valence-corrected chi connectivity index (χ1v) is 37.6. The van der Waals surface area contributed by atoms with E-state index in [1.807, 2.05) is 123 Å². The van der Waals surface area contributed by atoms with Crippen molar-refractivity contribution in [3.05, 3.63) is 309 Å². The van der Waals surface area contributed by atoms with Crippen molar-refractivity contribution in [1.29, 1.82) is 0 Å². The number of hydrogen-bond acceptors (Lipinski definition) is 0. The van der Waals surface area contributed by atoms with E-state index in [1.165, 1.54) is 73.8 Å². The molecule has 0 aliphatic carbocycles. The highest BCUT2D eigenvalue weighted by atomic mass is 14.9. The van der Waals surface area contributed by atoms with Crippen molar-refractivity contribution in [2.75, 3.05) is 0 Å². The summed E-state index contributed by atoms with van der Waals surface area (Å²) in [4.78, 5) is 0. The largest absolute Gasteiger partial charge is 0.212 e. The molecule has 2 unspecified atom stereocenters. The fourth-order valence-corrected chi connectivity index (χ4v) is 13.6. The Kier molecular flexibility index (Phi) is 21.6. The number of hydrogen-bond donors (Lipinski definition) is 0. The molecule has 4 heteroatoms. The molecular weight excluding hydrogens is 1280 g/mol. The molecule has 0 saturated carbocycles. The molecule has 0 bridgehead atoms. The Balaban J connectivity index is 0.000000179. The summed E-state index contributed by atoms with van der Waals surface area (Å²) in [6.45, 7) is 35.7. The van der Waals surface area contributed by atoms with Crippen LogP contribution in [0.15, 0.2) is 237 Å². The van der Waals surface area contributed by atoms with Crippen LogP contribution in [0.1, 0.15) is 221 Å². The molecular formula is C102H124N4+4. The van der Waals surface area contributed by atoms with Gasteiger partial charge >= 0.3 is 0 Å². The van der Waals surface area contributed by atoms with Gasteiger partial charge in [0.25, 0.3) is 0 Å². The predicted molar refractivity (Wildman–Crippen MR) is 455 cm³/mol. The average molecular weight is 1420 g/mol. The molecule has 548 valence electrons. The first-order valence-electron chi connectivity index (χ1n) is 43.1. The Labute approximate surface area is 656 Å². The number of aryl methyl sites for hydroxylation is 10. The van der Waals surface area contributed by atoms with E-state index in [1.54, 1.807) is 26.0 Å². The monoisotopic (exact) mass is 1420 g/mol. The van der Waals surface area contributed by atoms with Crippen LogP contribution in [0.3, 0.4) is 0 Å². The molecule has 0 fully saturated rings. The summed E-state index contributed by atoms with van der Waals surface area (Å²) >= 11 is 0. The Morgan fingerprint density at radius 1 is 0.330 bits per heavy atom. The van der Waals surface area contributed by atoms with E-state index in [0.717, 1.165) is 72.7 Å². The molecule has 12 aromatic rings. The third-order valence-electron chi connectivity index (χ3n) is 20.3. The first kappa shape index (κ1) is 65.8. The zero-order chi connectivity index (χ0) is 86.8. The molecule has 4 heterocycles. The van der Waals surface area contributed by atoms with Gasteiger partial charge < -0.3 is 0 Å². The highest BCUT2D eigenvalue weighted by Gasteiger charge is 2.26. The number of nitrogens with zero attached hydrogens (tertiary/aromatic N) is 4. The maximum Gasteiger partial charge on any atom is 0.212 e. The van der Waals surface area contributed by atoms with Crippen LogP contribution in [0.4, 0.5) is 0 Å². The minimum absolute atomic E-state index is 0.309. The average Bonchev–Trinajstić information content (AvgIpc) is 0.764. The van der Waals surface area contributed by atoms with Crippen LogP contribution in [0, 0.1) is 59.2 Å². The van der Waals surface area contributed by atoms with E-state index in [0.29, 0.717) is 34.1 Å². The maximum atomic E-state index is 9.22. The summed E-state index contributed by atoms with van der Waals surface area (Å²) in [5.74, 6) is -2.50. The minimum Gasteiger partial charge on any atom is -0.200 e. The summed E-state index contributed by atoms with van der Waals surface area (Å²) in [5, 5.41) is 0. The number of rotatable bonds is 14. The van der Waals surface area contributed by atoms with Crippen LogP contribution in [0.5, 0.6) is 0 Å². The number of pyridine rings is 4. The lowest BCUT2D eigenvalue weighted by Gasteiger charge is -2.29. The first-order chi connectivity index (χ1) is 54.2. The smallest absolute Gasteiger partial charge is 0.200 e. The van der Waals surface area contributed by atoms with Crippen LogP contribution < -0.4 is 18.3 Å². The minimum atomic E-state index is -2.48. The van der Waals surface area contributed by atoms with Gasteiger partial charge in [0.2, 0.25) is 22.8 Å². The fraction of sp³-hybridized carbons (Fsp3) is 0.333. The van der Waals surface area contributed by atoms with E-state index < -0.39 is 43.2 Å². The van der Waals surface area contributed by atoms with Gasteiger partial charge in [0.15, 0.2) is 24.8 Å². The van der Waals surface area contributed by atoms with Gasteiger partial charge in [-0.2, -0.15) is 0 Å². The Bertz CT molecular complexity index is 5470. The second kappa shape index (κ2) is 34.7. The van der Waals surface area contributed by atoms with E-state index in [4.69, 9.17) is 13.7 Å². The van der Waals surface area contributed by atoms with Crippen LogP contribution in [-0.4, -0.2) is 0 Å². The molecule has 0 amide bonds. The Morgan fingerprint density at radius 2 is 0.632 bits per heavy atom. The molecule has 12 rings (SSSR count). The van der Waals surface area contributed by atoms with Gasteiger partial charge in [-0.1, -0.05) is 243 Å². The van der Waals surface area contributed by atoms with Gasteiger partial charge in [0.05, 0.1) is 0 Å². The van der Waals surface area contributed by atoms with Crippen molar-refractivity contribution in [2.45, 2.75) is 188 Å². The Hall–Kier alpha value is -9.64. The molecule has 4 aromatic heterocycles. The SMILES string of the molecule is Cc1ccccc1-c1ccc(-c2cc(C(C)C)cc(C(C)C)c2)c[n+]1C.[2H]C(C)(C)c1cc(-c2ccc(-c3ccccc3C)[n+](C)c2)cc(C([2H])(C)C([2H])([2H])[2H])c1.[2H]C([2H])([2H])c1c(C)cc(-c2ccc(-c3ccccc3C)[n+](C)c2)cc1C.[2H]C([2H])(c1cc(-c2ccc(-c3ccccc3C)[n+](C)c2)cc(C([2H])(C)C(C)(C)C)c1)C(C)(C)C. The quantitative estimate of drug-likeness (QED) is 0.0965. The van der Waals surface area contributed by atoms with Gasteiger partial charge in [-0.3, -0.25) is 0 Å². The van der Waals surface area contributed by atoms with E-state index >= 15 is 0 Å². The Morgan fingerprint density at radius 3 is 0.925 bits per heavy atom. The molecule has 0 radical (unpaired) electrons. The summed E-state index contributed by atoms with van der Waals surface area (Å²) in [5.41, 5.74) is 29.4. The fourth-order valence-electron chi connectivity index (χ4n) is 13.6. The zero-order valence-corrected chi connectivity index (χ0v) is 68.0. The lowest BCUT2D eigenvalue weighted by atomic mass is 9.76. The van der Waals surface area contributed by atoms with Gasteiger partial charge in [-0.05, 0) is 238 Å². The van der Waals surface area contributed by atoms with Crippen molar-refractivity contribution in [1.82, 2.24) is 0 Å². The van der Waals surface area contributed by atoms with Crippen molar-refractivity contribution in [3.63, 3.8) is 0 Å². The lowest BCUT2D eigenvalue weighted by Crippen LogP contribution is -2.30. The molecule has 0 spiro atoms. The van der Waals surface area contributed by atoms with Crippen molar-refractivity contribution >= 4 is 0 Å². The number of benzene rings is 8. The summed E-state index contributed by atoms with van der Waals surface area (Å²) in [7, 11) is 8.22. The van der Waals surface area contributed by atoms with Gasteiger partial charge in [-0.25, -0.2) is 18.3 Å². The van der Waals surface area contributed by atoms with Crippen molar-refractivity contribution < 1.29 is 33.3 Å². The molecule has 0 aliphatic heterocycles. The van der Waals surface area contributed by atoms with Crippen LogP contribution >= 0.6 is 0 Å². The third-order valence-corrected chi connectivity index (χ3v) is 20.3. The highest BCUT2D eigenvalue weighted by molar-refractivity contribution is 5.72. The van der Waals surface area contributed by atoms with Crippen molar-refractivity contribution in [2.24, 2.45) is 39.0 Å². The van der Waals surface area contributed by atoms with Gasteiger partial charge in [0, 0.05) is 83.9 Å². The molecule has 0 N–H and O–H groups in total. The maximum absolute atomic E-state index is 9.22. The standard InChI is InChI=1S/C30H40N.2C25H30N.C22H24N/c1-21-12-10-11-13-27(21)28-15-14-24(20-31(28)9)26-17-23(19-29(3,4)5)16-25(18-26)22(2)30(6,7)8;2*1-17(2)21-13-22(18(3)4)15-23(14-21)20-11-12-25(26(6)16-20)24-10-8-7-9-19(24)5;1-15-8-6-7-9-21(15)22-11-10-19(14-23(22)5)20-12-16(2)18(4)17(3)13-20/h10-18,20,22H,19H2,1-9H3;2*7-18H,1-6H3;6-14H,1-5H3/q4*+1/i19D2,22D;1D3,17D,18D;;4D3. The van der Waals surface area contributed by atoms with E-state index in [9.17, 15) is 1.37 Å². The highest BCUT2D eigenvalue weighted by Crippen LogP contribution is 2.39. The van der Waals surface area contributed by atoms with Crippen LogP contribution in [0.25, 0.3) is 89.5 Å². The second-order valence-electron chi connectivity index (χ2n) is 32.1. The molecule has 2 atom stereocenters. The zero-order valence-electron chi connectivity index (χ0n) is 79.0. The van der Waals surface area contributed by atoms with Gasteiger partial charge in [-0.15, -0.1) is 0 Å². The van der Waals surface area contributed by atoms with Crippen LogP contribution in [0.2, 0.25) is 0 Å². The normalized spacial score (nSPS) is 14.7. The molecule has 0 aliphatic rings. The van der Waals surface area contributed by atoms with Crippen molar-refractivity contribution in [3.8, 4) is 89.5 Å². The molecule has 4 nitrogen and oxygen atoms in total. The van der Waals surface area contributed by atoms with E-state index in [-0.39, 0.29) is 5.41 Å².